The van der Waals surface area contributed by atoms with Crippen molar-refractivity contribution in [3.63, 3.8) is 0 Å². The van der Waals surface area contributed by atoms with Crippen LogP contribution in [0.4, 0.5) is 10.5 Å². The Balaban J connectivity index is 2.65. The number of guanidine groups is 1. The summed E-state index contributed by atoms with van der Waals surface area (Å²) >= 11 is 0. The average Bonchev–Trinajstić information content (AvgIpc) is 2.49. The van der Waals surface area contributed by atoms with Gasteiger partial charge in [-0.1, -0.05) is 32.9 Å². The van der Waals surface area contributed by atoms with Crippen LogP contribution in [-0.4, -0.2) is 30.2 Å². The number of carbonyl (C=O) groups excluding carboxylic acids is 1. The van der Waals surface area contributed by atoms with E-state index >= 15 is 0 Å². The van der Waals surface area contributed by atoms with Crippen molar-refractivity contribution in [2.24, 2.45) is 16.6 Å². The Morgan fingerprint density at radius 1 is 1.32 bits per heavy atom. The van der Waals surface area contributed by atoms with Gasteiger partial charge < -0.3 is 21.1 Å². The van der Waals surface area contributed by atoms with Gasteiger partial charge in [0.25, 0.3) is 0 Å². The molecule has 0 aliphatic carbocycles. The molecule has 6 nitrogen and oxygen atoms in total. The van der Waals surface area contributed by atoms with Crippen molar-refractivity contribution >= 4 is 17.7 Å². The molecule has 0 saturated heterocycles. The van der Waals surface area contributed by atoms with Crippen molar-refractivity contribution in [2.75, 3.05) is 11.9 Å². The van der Waals surface area contributed by atoms with Crippen LogP contribution in [0.3, 0.4) is 0 Å². The highest BCUT2D eigenvalue weighted by molar-refractivity contribution is 5.92. The summed E-state index contributed by atoms with van der Waals surface area (Å²) in [7, 11) is 0. The van der Waals surface area contributed by atoms with E-state index < -0.39 is 11.7 Å². The van der Waals surface area contributed by atoms with E-state index in [1.165, 1.54) is 5.56 Å². The van der Waals surface area contributed by atoms with Crippen LogP contribution >= 0.6 is 0 Å². The lowest BCUT2D eigenvalue weighted by Gasteiger charge is -2.25. The minimum atomic E-state index is -0.528. The number of nitrogens with one attached hydrogen (secondary N) is 2. The predicted molar refractivity (Wildman–Crippen MR) is 104 cm³/mol. The minimum Gasteiger partial charge on any atom is -0.444 e. The van der Waals surface area contributed by atoms with Crippen LogP contribution < -0.4 is 16.4 Å². The summed E-state index contributed by atoms with van der Waals surface area (Å²) in [5.74, 6) is 0.525. The van der Waals surface area contributed by atoms with E-state index in [1.54, 1.807) is 0 Å². The standard InChI is InChI=1S/C19H32N4O2/c1-7-14-9-8-10-15(11-14)22-17(20)21-12-16(13(2)3)23-18(24)25-19(4,5)6/h8-11,13,16H,7,12H2,1-6H3,(H,23,24)(H3,20,21,22). The summed E-state index contributed by atoms with van der Waals surface area (Å²) in [5.41, 5.74) is 7.58. The second-order valence-electron chi connectivity index (χ2n) is 7.40. The van der Waals surface area contributed by atoms with Gasteiger partial charge in [0.1, 0.15) is 5.60 Å². The molecule has 1 amide bonds. The number of nitrogens with zero attached hydrogens (tertiary/aromatic N) is 1. The molecule has 0 spiro atoms. The van der Waals surface area contributed by atoms with Crippen molar-refractivity contribution in [2.45, 2.75) is 59.6 Å². The van der Waals surface area contributed by atoms with Crippen molar-refractivity contribution in [1.29, 1.82) is 0 Å². The van der Waals surface area contributed by atoms with Gasteiger partial charge >= 0.3 is 6.09 Å². The van der Waals surface area contributed by atoms with E-state index in [0.717, 1.165) is 12.1 Å². The predicted octanol–water partition coefficient (Wildman–Crippen LogP) is 3.52. The quantitative estimate of drug-likeness (QED) is 0.542. The summed E-state index contributed by atoms with van der Waals surface area (Å²) in [6.07, 6.45) is 0.519. The number of ether oxygens (including phenoxy) is 1. The molecule has 1 unspecified atom stereocenters. The molecule has 0 aliphatic heterocycles. The van der Waals surface area contributed by atoms with Crippen molar-refractivity contribution < 1.29 is 9.53 Å². The molecular weight excluding hydrogens is 316 g/mol. The fraction of sp³-hybridized carbons (Fsp3) is 0.579. The van der Waals surface area contributed by atoms with Gasteiger partial charge in [0.2, 0.25) is 0 Å². The molecule has 1 atom stereocenters. The number of aliphatic imine (C=N–C) groups is 1. The molecule has 0 saturated carbocycles. The number of hydrogen-bond acceptors (Lipinski definition) is 3. The Bertz CT molecular complexity index is 591. The van der Waals surface area contributed by atoms with Crippen LogP contribution in [0.15, 0.2) is 29.3 Å². The van der Waals surface area contributed by atoms with Gasteiger partial charge in [-0.15, -0.1) is 0 Å². The van der Waals surface area contributed by atoms with Gasteiger partial charge in [0.05, 0.1) is 12.6 Å². The fourth-order valence-corrected chi connectivity index (χ4v) is 2.14. The lowest BCUT2D eigenvalue weighted by Crippen LogP contribution is -2.44. The molecule has 1 rings (SSSR count). The molecule has 6 heteroatoms. The fourth-order valence-electron chi connectivity index (χ4n) is 2.14. The first kappa shape index (κ1) is 20.8. The molecule has 1 aromatic rings. The number of rotatable bonds is 6. The number of hydrogen-bond donors (Lipinski definition) is 3. The van der Waals surface area contributed by atoms with E-state index in [1.807, 2.05) is 52.8 Å². The zero-order valence-corrected chi connectivity index (χ0v) is 16.2. The van der Waals surface area contributed by atoms with Crippen molar-refractivity contribution in [3.8, 4) is 0 Å². The number of benzene rings is 1. The number of nitrogens with two attached hydrogens (primary N) is 1. The summed E-state index contributed by atoms with van der Waals surface area (Å²) in [6.45, 7) is 12.0. The molecule has 0 aromatic heterocycles. The van der Waals surface area contributed by atoms with Gasteiger partial charge in [-0.3, -0.25) is 4.99 Å². The molecule has 140 valence electrons. The third kappa shape index (κ3) is 8.42. The Morgan fingerprint density at radius 2 is 2.00 bits per heavy atom. The zero-order valence-electron chi connectivity index (χ0n) is 16.2. The topological polar surface area (TPSA) is 88.7 Å². The molecule has 0 bridgehead atoms. The summed E-state index contributed by atoms with van der Waals surface area (Å²) in [5, 5.41) is 5.95. The van der Waals surface area contributed by atoms with Crippen LogP contribution in [0.2, 0.25) is 0 Å². The van der Waals surface area contributed by atoms with Crippen molar-refractivity contribution in [3.05, 3.63) is 29.8 Å². The highest BCUT2D eigenvalue weighted by Gasteiger charge is 2.21. The van der Waals surface area contributed by atoms with E-state index in [2.05, 4.69) is 28.6 Å². The molecule has 0 radical (unpaired) electrons. The monoisotopic (exact) mass is 348 g/mol. The van der Waals surface area contributed by atoms with E-state index in [-0.39, 0.29) is 12.0 Å². The average molecular weight is 348 g/mol. The molecule has 0 heterocycles. The maximum atomic E-state index is 12.0. The van der Waals surface area contributed by atoms with Crippen LogP contribution in [0.25, 0.3) is 0 Å². The highest BCUT2D eigenvalue weighted by atomic mass is 16.6. The first-order valence-corrected chi connectivity index (χ1v) is 8.76. The normalized spacial score (nSPS) is 13.5. The Hall–Kier alpha value is -2.24. The van der Waals surface area contributed by atoms with E-state index in [4.69, 9.17) is 10.5 Å². The molecule has 4 N–H and O–H groups in total. The van der Waals surface area contributed by atoms with E-state index in [0.29, 0.717) is 12.5 Å². The SMILES string of the molecule is CCc1cccc(NC(N)=NCC(NC(=O)OC(C)(C)C)C(C)C)c1. The largest absolute Gasteiger partial charge is 0.444 e. The third-order valence-electron chi connectivity index (χ3n) is 3.57. The summed E-state index contributed by atoms with van der Waals surface area (Å²) < 4.78 is 5.30. The second kappa shape index (κ2) is 9.30. The van der Waals surface area contributed by atoms with Crippen molar-refractivity contribution in [1.82, 2.24) is 5.32 Å². The molecule has 1 aromatic carbocycles. The maximum absolute atomic E-state index is 12.0. The van der Waals surface area contributed by atoms with Crippen LogP contribution in [0, 0.1) is 5.92 Å². The number of anilines is 1. The third-order valence-corrected chi connectivity index (χ3v) is 3.57. The highest BCUT2D eigenvalue weighted by Crippen LogP contribution is 2.11. The number of amides is 1. The van der Waals surface area contributed by atoms with Gasteiger partial charge in [-0.25, -0.2) is 4.79 Å². The smallest absolute Gasteiger partial charge is 0.407 e. The Kier molecular flexibility index (Phi) is 7.74. The summed E-state index contributed by atoms with van der Waals surface area (Å²) in [4.78, 5) is 16.3. The van der Waals surface area contributed by atoms with Gasteiger partial charge in [-0.05, 0) is 50.8 Å². The van der Waals surface area contributed by atoms with Crippen LogP contribution in [0.1, 0.15) is 47.1 Å². The Morgan fingerprint density at radius 3 is 2.56 bits per heavy atom. The number of carbonyl (C=O) groups is 1. The summed E-state index contributed by atoms with van der Waals surface area (Å²) in [6, 6.07) is 7.88. The maximum Gasteiger partial charge on any atom is 0.407 e. The molecule has 0 fully saturated rings. The van der Waals surface area contributed by atoms with Gasteiger partial charge in [0, 0.05) is 5.69 Å². The Labute approximate surface area is 151 Å². The number of aryl methyl sites for hydroxylation is 1. The van der Waals surface area contributed by atoms with Gasteiger partial charge in [0.15, 0.2) is 5.96 Å². The second-order valence-corrected chi connectivity index (χ2v) is 7.40. The molecule has 25 heavy (non-hydrogen) atoms. The lowest BCUT2D eigenvalue weighted by molar-refractivity contribution is 0.0493. The first-order valence-electron chi connectivity index (χ1n) is 8.76. The van der Waals surface area contributed by atoms with Gasteiger partial charge in [-0.2, -0.15) is 0 Å². The molecule has 0 aliphatic rings. The number of alkyl carbamates (subject to hydrolysis) is 1. The zero-order chi connectivity index (χ0) is 19.0. The van der Waals surface area contributed by atoms with Crippen LogP contribution in [-0.2, 0) is 11.2 Å². The molecular formula is C19H32N4O2. The minimum absolute atomic E-state index is 0.155. The first-order chi connectivity index (χ1) is 11.6. The van der Waals surface area contributed by atoms with Crippen LogP contribution in [0.5, 0.6) is 0 Å². The van der Waals surface area contributed by atoms with E-state index in [9.17, 15) is 4.79 Å². The lowest BCUT2D eigenvalue weighted by atomic mass is 10.1.